The van der Waals surface area contributed by atoms with Crippen LogP contribution in [0, 0.1) is 12.7 Å². The third kappa shape index (κ3) is 2.51. The second-order valence-electron chi connectivity index (χ2n) is 3.79. The van der Waals surface area contributed by atoms with Crippen LogP contribution in [-0.4, -0.2) is 6.29 Å². The molecule has 4 heteroatoms. The highest BCUT2D eigenvalue weighted by atomic mass is 35.5. The normalized spacial score (nSPS) is 10.2. The second kappa shape index (κ2) is 5.19. The molecule has 2 nitrogen and oxygen atoms in total. The van der Waals surface area contributed by atoms with Gasteiger partial charge in [-0.05, 0) is 42.8 Å². The molecule has 0 atom stereocenters. The van der Waals surface area contributed by atoms with Gasteiger partial charge in [-0.3, -0.25) is 4.79 Å². The van der Waals surface area contributed by atoms with Crippen LogP contribution in [0.4, 0.5) is 4.39 Å². The number of carbonyl (C=O) groups excluding carboxylic acids is 1. The van der Waals surface area contributed by atoms with E-state index in [-0.39, 0.29) is 11.6 Å². The molecule has 0 saturated heterocycles. The first-order chi connectivity index (χ1) is 8.61. The van der Waals surface area contributed by atoms with Crippen LogP contribution in [0.5, 0.6) is 11.5 Å². The maximum Gasteiger partial charge on any atom is 0.156 e. The van der Waals surface area contributed by atoms with E-state index in [1.165, 1.54) is 12.1 Å². The van der Waals surface area contributed by atoms with Gasteiger partial charge in [0.25, 0.3) is 0 Å². The van der Waals surface area contributed by atoms with Gasteiger partial charge in [-0.2, -0.15) is 0 Å². The Morgan fingerprint density at radius 3 is 2.72 bits per heavy atom. The van der Waals surface area contributed by atoms with E-state index >= 15 is 0 Å². The second-order valence-corrected chi connectivity index (χ2v) is 4.20. The van der Waals surface area contributed by atoms with Crippen molar-refractivity contribution >= 4 is 17.9 Å². The van der Waals surface area contributed by atoms with E-state index in [9.17, 15) is 9.18 Å². The van der Waals surface area contributed by atoms with Crippen LogP contribution in [0.2, 0.25) is 5.02 Å². The average Bonchev–Trinajstić information content (AvgIpc) is 2.36. The Balaban J connectivity index is 2.39. The SMILES string of the molecule is Cc1cc(Oc2c(Cl)cccc2C=O)ccc1F. The van der Waals surface area contributed by atoms with Crippen molar-refractivity contribution in [1.29, 1.82) is 0 Å². The fourth-order valence-electron chi connectivity index (χ4n) is 1.52. The summed E-state index contributed by atoms with van der Waals surface area (Å²) in [4.78, 5) is 10.9. The van der Waals surface area contributed by atoms with E-state index in [1.807, 2.05) is 0 Å². The molecule has 2 rings (SSSR count). The number of rotatable bonds is 3. The molecular formula is C14H10ClFO2. The van der Waals surface area contributed by atoms with Gasteiger partial charge in [0, 0.05) is 0 Å². The van der Waals surface area contributed by atoms with Crippen LogP contribution in [-0.2, 0) is 0 Å². The predicted octanol–water partition coefficient (Wildman–Crippen LogP) is 4.39. The zero-order valence-corrected chi connectivity index (χ0v) is 10.4. The minimum atomic E-state index is -0.308. The molecule has 0 aliphatic rings. The summed E-state index contributed by atoms with van der Waals surface area (Å²) in [6.45, 7) is 1.63. The Labute approximate surface area is 109 Å². The van der Waals surface area contributed by atoms with E-state index in [2.05, 4.69) is 0 Å². The van der Waals surface area contributed by atoms with Gasteiger partial charge in [-0.1, -0.05) is 17.7 Å². The van der Waals surface area contributed by atoms with E-state index < -0.39 is 0 Å². The maximum atomic E-state index is 13.1. The Morgan fingerprint density at radius 1 is 1.28 bits per heavy atom. The first kappa shape index (κ1) is 12.6. The molecule has 0 unspecified atom stereocenters. The summed E-state index contributed by atoms with van der Waals surface area (Å²) in [7, 11) is 0. The molecule has 2 aromatic rings. The summed E-state index contributed by atoms with van der Waals surface area (Å²) < 4.78 is 18.7. The third-order valence-corrected chi connectivity index (χ3v) is 2.77. The number of para-hydroxylation sites is 1. The van der Waals surface area contributed by atoms with Crippen LogP contribution >= 0.6 is 11.6 Å². The smallest absolute Gasteiger partial charge is 0.156 e. The molecule has 0 N–H and O–H groups in total. The summed E-state index contributed by atoms with van der Waals surface area (Å²) >= 11 is 5.97. The molecular weight excluding hydrogens is 255 g/mol. The molecule has 0 bridgehead atoms. The quantitative estimate of drug-likeness (QED) is 0.769. The molecule has 92 valence electrons. The van der Waals surface area contributed by atoms with Crippen molar-refractivity contribution in [3.05, 3.63) is 58.4 Å². The topological polar surface area (TPSA) is 26.3 Å². The van der Waals surface area contributed by atoms with Crippen molar-refractivity contribution in [1.82, 2.24) is 0 Å². The van der Waals surface area contributed by atoms with Gasteiger partial charge in [0.05, 0.1) is 10.6 Å². The van der Waals surface area contributed by atoms with Gasteiger partial charge in [0.1, 0.15) is 11.6 Å². The number of hydrogen-bond donors (Lipinski definition) is 0. The van der Waals surface area contributed by atoms with Crippen molar-refractivity contribution in [2.45, 2.75) is 6.92 Å². The summed E-state index contributed by atoms with van der Waals surface area (Å²) in [5.74, 6) is 0.405. The lowest BCUT2D eigenvalue weighted by Gasteiger charge is -2.10. The van der Waals surface area contributed by atoms with E-state index in [4.69, 9.17) is 16.3 Å². The van der Waals surface area contributed by atoms with Crippen molar-refractivity contribution in [3.8, 4) is 11.5 Å². The lowest BCUT2D eigenvalue weighted by molar-refractivity contribution is 0.112. The molecule has 0 radical (unpaired) electrons. The van der Waals surface area contributed by atoms with Crippen LogP contribution in [0.3, 0.4) is 0 Å². The standard InChI is InChI=1S/C14H10ClFO2/c1-9-7-11(5-6-13(9)16)18-14-10(8-17)3-2-4-12(14)15/h2-8H,1H3. The molecule has 0 heterocycles. The predicted molar refractivity (Wildman–Crippen MR) is 68.1 cm³/mol. The molecule has 0 aliphatic heterocycles. The van der Waals surface area contributed by atoms with Gasteiger partial charge in [-0.25, -0.2) is 4.39 Å². The largest absolute Gasteiger partial charge is 0.455 e. The van der Waals surface area contributed by atoms with Crippen LogP contribution in [0.1, 0.15) is 15.9 Å². The summed E-state index contributed by atoms with van der Waals surface area (Å²) in [6.07, 6.45) is 0.664. The number of aldehydes is 1. The molecule has 0 spiro atoms. The Bertz CT molecular complexity index is 596. The van der Waals surface area contributed by atoms with Crippen molar-refractivity contribution < 1.29 is 13.9 Å². The lowest BCUT2D eigenvalue weighted by atomic mass is 10.2. The molecule has 0 fully saturated rings. The minimum absolute atomic E-state index is 0.278. The van der Waals surface area contributed by atoms with E-state index in [1.54, 1.807) is 31.2 Å². The Kier molecular flexibility index (Phi) is 3.63. The number of benzene rings is 2. The van der Waals surface area contributed by atoms with Gasteiger partial charge < -0.3 is 4.74 Å². The highest BCUT2D eigenvalue weighted by Crippen LogP contribution is 2.32. The summed E-state index contributed by atoms with van der Waals surface area (Å²) in [5.41, 5.74) is 0.816. The summed E-state index contributed by atoms with van der Waals surface area (Å²) in [5, 5.41) is 0.335. The number of ether oxygens (including phenoxy) is 1. The zero-order valence-electron chi connectivity index (χ0n) is 9.61. The molecule has 0 aliphatic carbocycles. The van der Waals surface area contributed by atoms with E-state index in [0.717, 1.165) is 0 Å². The van der Waals surface area contributed by atoms with Gasteiger partial charge >= 0.3 is 0 Å². The van der Waals surface area contributed by atoms with Crippen LogP contribution in [0.15, 0.2) is 36.4 Å². The Morgan fingerprint density at radius 2 is 2.06 bits per heavy atom. The van der Waals surface area contributed by atoms with Gasteiger partial charge in [-0.15, -0.1) is 0 Å². The number of hydrogen-bond acceptors (Lipinski definition) is 2. The van der Waals surface area contributed by atoms with E-state index in [0.29, 0.717) is 28.2 Å². The Hall–Kier alpha value is -1.87. The van der Waals surface area contributed by atoms with Gasteiger partial charge in [0.2, 0.25) is 0 Å². The fourth-order valence-corrected chi connectivity index (χ4v) is 1.74. The first-order valence-electron chi connectivity index (χ1n) is 5.29. The number of aryl methyl sites for hydroxylation is 1. The fraction of sp³-hybridized carbons (Fsp3) is 0.0714. The highest BCUT2D eigenvalue weighted by Gasteiger charge is 2.09. The van der Waals surface area contributed by atoms with Crippen molar-refractivity contribution in [2.24, 2.45) is 0 Å². The summed E-state index contributed by atoms with van der Waals surface area (Å²) in [6, 6.07) is 9.23. The molecule has 0 aromatic heterocycles. The number of halogens is 2. The van der Waals surface area contributed by atoms with Gasteiger partial charge in [0.15, 0.2) is 12.0 Å². The highest BCUT2D eigenvalue weighted by molar-refractivity contribution is 6.32. The molecule has 2 aromatic carbocycles. The number of carbonyl (C=O) groups is 1. The maximum absolute atomic E-state index is 13.1. The minimum Gasteiger partial charge on any atom is -0.455 e. The van der Waals surface area contributed by atoms with Crippen LogP contribution < -0.4 is 4.74 Å². The third-order valence-electron chi connectivity index (χ3n) is 2.47. The monoisotopic (exact) mass is 264 g/mol. The van der Waals surface area contributed by atoms with Crippen molar-refractivity contribution in [2.75, 3.05) is 0 Å². The molecule has 18 heavy (non-hydrogen) atoms. The molecule has 0 saturated carbocycles. The first-order valence-corrected chi connectivity index (χ1v) is 5.67. The van der Waals surface area contributed by atoms with Crippen molar-refractivity contribution in [3.63, 3.8) is 0 Å². The molecule has 0 amide bonds. The van der Waals surface area contributed by atoms with Crippen LogP contribution in [0.25, 0.3) is 0 Å². The zero-order chi connectivity index (χ0) is 13.1. The lowest BCUT2D eigenvalue weighted by Crippen LogP contribution is -1.92. The average molecular weight is 265 g/mol.